The molecule has 16 heavy (non-hydrogen) atoms. The van der Waals surface area contributed by atoms with E-state index in [1.165, 1.54) is 5.57 Å². The summed E-state index contributed by atoms with van der Waals surface area (Å²) in [5.41, 5.74) is 3.30. The number of ketones is 1. The summed E-state index contributed by atoms with van der Waals surface area (Å²) < 4.78 is 0. The van der Waals surface area contributed by atoms with Crippen molar-refractivity contribution in [2.45, 2.75) is 27.2 Å². The molecule has 84 valence electrons. The van der Waals surface area contributed by atoms with Crippen LogP contribution in [-0.4, -0.2) is 5.78 Å². The maximum atomic E-state index is 12.0. The smallest absolute Gasteiger partial charge is 0.164 e. The van der Waals surface area contributed by atoms with E-state index in [1.54, 1.807) is 0 Å². The average Bonchev–Trinajstić information content (AvgIpc) is 2.56. The van der Waals surface area contributed by atoms with E-state index in [9.17, 15) is 4.79 Å². The maximum Gasteiger partial charge on any atom is 0.164 e. The zero-order valence-electron chi connectivity index (χ0n) is 10.2. The lowest BCUT2D eigenvalue weighted by molar-refractivity contribution is -0.113. The molecule has 0 bridgehead atoms. The monoisotopic (exact) mass is 214 g/mol. The molecule has 0 saturated carbocycles. The molecule has 0 aromatic heterocycles. The van der Waals surface area contributed by atoms with Gasteiger partial charge in [0.05, 0.1) is 0 Å². The molecule has 0 N–H and O–H groups in total. The van der Waals surface area contributed by atoms with Gasteiger partial charge in [0.1, 0.15) is 0 Å². The molecule has 1 nitrogen and oxygen atoms in total. The summed E-state index contributed by atoms with van der Waals surface area (Å²) in [7, 11) is 0. The number of allylic oxidation sites excluding steroid dienone is 2. The molecule has 2 rings (SSSR count). The average molecular weight is 214 g/mol. The third kappa shape index (κ3) is 1.82. The normalized spacial score (nSPS) is 21.0. The number of carbonyl (C=O) groups is 1. The molecule has 1 aliphatic rings. The minimum atomic E-state index is 0.308. The minimum Gasteiger partial charge on any atom is -0.294 e. The van der Waals surface area contributed by atoms with Crippen molar-refractivity contribution in [3.63, 3.8) is 0 Å². The first kappa shape index (κ1) is 11.1. The van der Waals surface area contributed by atoms with E-state index in [1.807, 2.05) is 30.3 Å². The third-order valence-electron chi connectivity index (χ3n) is 3.50. The lowest BCUT2D eigenvalue weighted by atomic mass is 9.90. The largest absolute Gasteiger partial charge is 0.294 e. The zero-order chi connectivity index (χ0) is 11.7. The van der Waals surface area contributed by atoms with Gasteiger partial charge in [-0.05, 0) is 24.3 Å². The Balaban J connectivity index is 2.44. The standard InChI is InChI=1S/C15H18O/c1-10(2)13-9-14(16)15(11(13)3)12-7-5-4-6-8-12/h4-8,10,13H,9H2,1-3H3. The molecular formula is C15H18O. The Morgan fingerprint density at radius 3 is 2.31 bits per heavy atom. The topological polar surface area (TPSA) is 17.1 Å². The molecule has 0 spiro atoms. The molecule has 1 aliphatic carbocycles. The Labute approximate surface area is 97.2 Å². The Hall–Kier alpha value is -1.37. The third-order valence-corrected chi connectivity index (χ3v) is 3.50. The van der Waals surface area contributed by atoms with Crippen LogP contribution in [0.3, 0.4) is 0 Å². The highest BCUT2D eigenvalue weighted by Crippen LogP contribution is 2.38. The van der Waals surface area contributed by atoms with Crippen molar-refractivity contribution in [1.29, 1.82) is 0 Å². The van der Waals surface area contributed by atoms with Crippen LogP contribution < -0.4 is 0 Å². The van der Waals surface area contributed by atoms with Crippen molar-refractivity contribution in [1.82, 2.24) is 0 Å². The van der Waals surface area contributed by atoms with Gasteiger partial charge in [-0.3, -0.25) is 4.79 Å². The molecule has 0 saturated heterocycles. The molecule has 0 radical (unpaired) electrons. The van der Waals surface area contributed by atoms with Crippen molar-refractivity contribution in [3.05, 3.63) is 41.5 Å². The van der Waals surface area contributed by atoms with E-state index in [4.69, 9.17) is 0 Å². The van der Waals surface area contributed by atoms with Crippen LogP contribution in [0.1, 0.15) is 32.8 Å². The summed E-state index contributed by atoms with van der Waals surface area (Å²) in [5, 5.41) is 0. The second-order valence-corrected chi connectivity index (χ2v) is 4.90. The lowest BCUT2D eigenvalue weighted by Gasteiger charge is -2.14. The predicted octanol–water partition coefficient (Wildman–Crippen LogP) is 3.71. The Morgan fingerprint density at radius 2 is 1.81 bits per heavy atom. The van der Waals surface area contributed by atoms with Gasteiger partial charge in [-0.15, -0.1) is 0 Å². The quantitative estimate of drug-likeness (QED) is 0.733. The van der Waals surface area contributed by atoms with Gasteiger partial charge in [-0.25, -0.2) is 0 Å². The van der Waals surface area contributed by atoms with E-state index >= 15 is 0 Å². The number of hydrogen-bond donors (Lipinski definition) is 0. The summed E-state index contributed by atoms with van der Waals surface area (Å²) >= 11 is 0. The highest BCUT2D eigenvalue weighted by Gasteiger charge is 2.31. The fourth-order valence-electron chi connectivity index (χ4n) is 2.59. The van der Waals surface area contributed by atoms with Crippen LogP contribution in [0.4, 0.5) is 0 Å². The van der Waals surface area contributed by atoms with Crippen LogP contribution in [0.15, 0.2) is 35.9 Å². The molecule has 1 unspecified atom stereocenters. The first-order valence-corrected chi connectivity index (χ1v) is 5.90. The van der Waals surface area contributed by atoms with Crippen molar-refractivity contribution in [2.24, 2.45) is 11.8 Å². The van der Waals surface area contributed by atoms with Crippen molar-refractivity contribution < 1.29 is 4.79 Å². The van der Waals surface area contributed by atoms with Gasteiger partial charge in [0.15, 0.2) is 5.78 Å². The molecule has 0 amide bonds. The Bertz CT molecular complexity index is 426. The van der Waals surface area contributed by atoms with Crippen LogP contribution in [-0.2, 0) is 4.79 Å². The SMILES string of the molecule is CC1=C(c2ccccc2)C(=O)CC1C(C)C. The van der Waals surface area contributed by atoms with E-state index in [2.05, 4.69) is 20.8 Å². The van der Waals surface area contributed by atoms with Gasteiger partial charge in [-0.1, -0.05) is 49.8 Å². The summed E-state index contributed by atoms with van der Waals surface area (Å²) in [6.07, 6.45) is 0.688. The number of Topliss-reactive ketones (excluding diaryl/α,β-unsaturated/α-hetero) is 1. The van der Waals surface area contributed by atoms with Crippen LogP contribution in [0.25, 0.3) is 5.57 Å². The Kier molecular flexibility index (Phi) is 2.95. The highest BCUT2D eigenvalue weighted by atomic mass is 16.1. The molecule has 0 fully saturated rings. The first-order valence-electron chi connectivity index (χ1n) is 5.90. The summed E-state index contributed by atoms with van der Waals surface area (Å²) in [5.74, 6) is 1.29. The molecule has 1 heteroatoms. The summed E-state index contributed by atoms with van der Waals surface area (Å²) in [6, 6.07) is 10.0. The van der Waals surface area contributed by atoms with Crippen molar-refractivity contribution in [3.8, 4) is 0 Å². The Morgan fingerprint density at radius 1 is 1.19 bits per heavy atom. The van der Waals surface area contributed by atoms with Gasteiger partial charge < -0.3 is 0 Å². The molecule has 1 atom stereocenters. The van der Waals surface area contributed by atoms with Gasteiger partial charge in [0.2, 0.25) is 0 Å². The van der Waals surface area contributed by atoms with Crippen LogP contribution in [0, 0.1) is 11.8 Å². The maximum absolute atomic E-state index is 12.0. The van der Waals surface area contributed by atoms with E-state index in [-0.39, 0.29) is 0 Å². The van der Waals surface area contributed by atoms with E-state index in [0.717, 1.165) is 11.1 Å². The van der Waals surface area contributed by atoms with Crippen molar-refractivity contribution in [2.75, 3.05) is 0 Å². The van der Waals surface area contributed by atoms with Crippen LogP contribution in [0.5, 0.6) is 0 Å². The van der Waals surface area contributed by atoms with Crippen LogP contribution in [0.2, 0.25) is 0 Å². The number of rotatable bonds is 2. The van der Waals surface area contributed by atoms with Gasteiger partial charge in [-0.2, -0.15) is 0 Å². The molecule has 1 aromatic rings. The van der Waals surface area contributed by atoms with Gasteiger partial charge in [0, 0.05) is 12.0 Å². The number of carbonyl (C=O) groups excluding carboxylic acids is 1. The number of benzene rings is 1. The predicted molar refractivity (Wildman–Crippen MR) is 67.0 cm³/mol. The number of hydrogen-bond acceptors (Lipinski definition) is 1. The molecule has 1 aromatic carbocycles. The molecular weight excluding hydrogens is 196 g/mol. The van der Waals surface area contributed by atoms with E-state index < -0.39 is 0 Å². The van der Waals surface area contributed by atoms with Crippen LogP contribution >= 0.6 is 0 Å². The molecule has 0 aliphatic heterocycles. The first-order chi connectivity index (χ1) is 7.61. The fourth-order valence-corrected chi connectivity index (χ4v) is 2.59. The van der Waals surface area contributed by atoms with Gasteiger partial charge >= 0.3 is 0 Å². The fraction of sp³-hybridized carbons (Fsp3) is 0.400. The highest BCUT2D eigenvalue weighted by molar-refractivity contribution is 6.24. The summed E-state index contributed by atoms with van der Waals surface area (Å²) in [6.45, 7) is 6.49. The second-order valence-electron chi connectivity index (χ2n) is 4.90. The molecule has 0 heterocycles. The zero-order valence-corrected chi connectivity index (χ0v) is 10.2. The summed E-state index contributed by atoms with van der Waals surface area (Å²) in [4.78, 5) is 12.0. The van der Waals surface area contributed by atoms with Crippen molar-refractivity contribution >= 4 is 11.4 Å². The van der Waals surface area contributed by atoms with E-state index in [0.29, 0.717) is 24.0 Å². The van der Waals surface area contributed by atoms with Gasteiger partial charge in [0.25, 0.3) is 0 Å². The second kappa shape index (κ2) is 4.25. The lowest BCUT2D eigenvalue weighted by Crippen LogP contribution is -2.07. The minimum absolute atomic E-state index is 0.308.